The largest absolute Gasteiger partial charge is 0.494 e. The van der Waals surface area contributed by atoms with Crippen LogP contribution in [0, 0.1) is 17.5 Å². The zero-order chi connectivity index (χ0) is 19.6. The van der Waals surface area contributed by atoms with Gasteiger partial charge in [-0.15, -0.1) is 0 Å². The zero-order valence-corrected chi connectivity index (χ0v) is 12.3. The summed E-state index contributed by atoms with van der Waals surface area (Å²) in [5.41, 5.74) is -1.46. The van der Waals surface area contributed by atoms with Gasteiger partial charge in [0.15, 0.2) is 17.4 Å². The number of methoxy groups -OCH3 is 1. The smallest absolute Gasteiger partial charge is 0.313 e. The van der Waals surface area contributed by atoms with Crippen molar-refractivity contribution in [1.82, 2.24) is 0 Å². The molecule has 0 fully saturated rings. The van der Waals surface area contributed by atoms with E-state index in [0.717, 1.165) is 0 Å². The third-order valence-electron chi connectivity index (χ3n) is 2.45. The van der Waals surface area contributed by atoms with Crippen LogP contribution in [0.4, 0.5) is 13.2 Å². The molecule has 0 saturated carbocycles. The molecule has 0 aromatic heterocycles. The highest BCUT2D eigenvalue weighted by atomic mass is 19.2. The SMILES string of the molecule is [2H]C([2H])([2H])Oc1cc(CC(=O)CC(=O)OC(C)(C)C)c(F)c(F)c1F. The fraction of sp³-hybridized carbons (Fsp3) is 0.467. The van der Waals surface area contributed by atoms with Gasteiger partial charge in [-0.1, -0.05) is 0 Å². The Morgan fingerprint density at radius 2 is 1.82 bits per heavy atom. The Bertz CT molecular complexity index is 682. The van der Waals surface area contributed by atoms with Gasteiger partial charge in [0.1, 0.15) is 17.8 Å². The number of benzene rings is 1. The van der Waals surface area contributed by atoms with E-state index in [-0.39, 0.29) is 0 Å². The summed E-state index contributed by atoms with van der Waals surface area (Å²) in [4.78, 5) is 23.4. The van der Waals surface area contributed by atoms with Gasteiger partial charge in [0.2, 0.25) is 5.82 Å². The van der Waals surface area contributed by atoms with Crippen LogP contribution in [0.5, 0.6) is 5.75 Å². The van der Waals surface area contributed by atoms with Crippen molar-refractivity contribution >= 4 is 11.8 Å². The van der Waals surface area contributed by atoms with E-state index in [2.05, 4.69) is 4.74 Å². The van der Waals surface area contributed by atoms with Crippen LogP contribution < -0.4 is 4.74 Å². The van der Waals surface area contributed by atoms with Crippen molar-refractivity contribution in [3.63, 3.8) is 0 Å². The minimum atomic E-state index is -3.09. The molecule has 0 N–H and O–H groups in total. The van der Waals surface area contributed by atoms with Gasteiger partial charge < -0.3 is 9.47 Å². The number of hydrogen-bond acceptors (Lipinski definition) is 4. The highest BCUT2D eigenvalue weighted by Gasteiger charge is 2.23. The molecule has 7 heteroatoms. The minimum Gasteiger partial charge on any atom is -0.494 e. The molecule has 0 saturated heterocycles. The summed E-state index contributed by atoms with van der Waals surface area (Å²) in [6.45, 7) is 4.76. The topological polar surface area (TPSA) is 52.6 Å². The summed E-state index contributed by atoms with van der Waals surface area (Å²) in [7, 11) is -3.09. The number of Topliss-reactive ketones (excluding diaryl/α,β-unsaturated/α-hetero) is 1. The van der Waals surface area contributed by atoms with E-state index in [1.165, 1.54) is 0 Å². The number of ketones is 1. The second-order valence-corrected chi connectivity index (χ2v) is 5.56. The van der Waals surface area contributed by atoms with Crippen LogP contribution in [0.3, 0.4) is 0 Å². The number of halogens is 3. The number of esters is 1. The first-order chi connectivity index (χ1) is 11.2. The lowest BCUT2D eigenvalue weighted by atomic mass is 10.1. The van der Waals surface area contributed by atoms with Gasteiger partial charge in [-0.3, -0.25) is 9.59 Å². The first-order valence-electron chi connectivity index (χ1n) is 7.78. The van der Waals surface area contributed by atoms with Gasteiger partial charge in [-0.25, -0.2) is 8.78 Å². The Morgan fingerprint density at radius 3 is 2.36 bits per heavy atom. The van der Waals surface area contributed by atoms with E-state index in [1.54, 1.807) is 20.8 Å². The molecule has 0 heterocycles. The first-order valence-corrected chi connectivity index (χ1v) is 6.28. The molecule has 1 aromatic rings. The van der Waals surface area contributed by atoms with Crippen LogP contribution in [0.15, 0.2) is 6.07 Å². The fourth-order valence-electron chi connectivity index (χ4n) is 1.65. The molecule has 0 bridgehead atoms. The van der Waals surface area contributed by atoms with Crippen molar-refractivity contribution < 1.29 is 36.3 Å². The van der Waals surface area contributed by atoms with Crippen LogP contribution in [0.1, 0.15) is 36.9 Å². The van der Waals surface area contributed by atoms with E-state index in [4.69, 9.17) is 8.85 Å². The summed E-state index contributed by atoms with van der Waals surface area (Å²) in [6, 6.07) is 0.576. The van der Waals surface area contributed by atoms with E-state index >= 15 is 0 Å². The highest BCUT2D eigenvalue weighted by Crippen LogP contribution is 2.26. The molecule has 0 radical (unpaired) electrons. The number of ether oxygens (including phenoxy) is 2. The van der Waals surface area contributed by atoms with Crippen LogP contribution in [0.25, 0.3) is 0 Å². The van der Waals surface area contributed by atoms with Crippen molar-refractivity contribution in [1.29, 1.82) is 0 Å². The van der Waals surface area contributed by atoms with Gasteiger partial charge in [0, 0.05) is 12.0 Å². The Hall–Kier alpha value is -2.05. The molecule has 0 spiro atoms. The van der Waals surface area contributed by atoms with Crippen molar-refractivity contribution in [2.24, 2.45) is 0 Å². The molecule has 122 valence electrons. The van der Waals surface area contributed by atoms with Crippen LogP contribution >= 0.6 is 0 Å². The number of rotatable bonds is 5. The molecular formula is C15H17F3O4. The number of carbonyl (C=O) groups is 2. The fourth-order valence-corrected chi connectivity index (χ4v) is 1.65. The lowest BCUT2D eigenvalue weighted by Gasteiger charge is -2.19. The Labute approximate surface area is 130 Å². The molecule has 0 amide bonds. The van der Waals surface area contributed by atoms with Gasteiger partial charge in [-0.2, -0.15) is 4.39 Å². The second-order valence-electron chi connectivity index (χ2n) is 5.56. The Morgan fingerprint density at radius 1 is 1.18 bits per heavy atom. The van der Waals surface area contributed by atoms with Gasteiger partial charge in [0.25, 0.3) is 0 Å². The molecule has 22 heavy (non-hydrogen) atoms. The van der Waals surface area contributed by atoms with E-state index in [1.807, 2.05) is 0 Å². The number of hydrogen-bond donors (Lipinski definition) is 0. The van der Waals surface area contributed by atoms with Crippen LogP contribution in [-0.4, -0.2) is 24.4 Å². The Balaban J connectivity index is 2.98. The zero-order valence-electron chi connectivity index (χ0n) is 15.3. The summed E-state index contributed by atoms with van der Waals surface area (Å²) in [5, 5.41) is 0. The summed E-state index contributed by atoms with van der Waals surface area (Å²) >= 11 is 0. The molecule has 1 rings (SSSR count). The van der Waals surface area contributed by atoms with E-state index < -0.39 is 66.0 Å². The average molecular weight is 321 g/mol. The monoisotopic (exact) mass is 321 g/mol. The predicted molar refractivity (Wildman–Crippen MR) is 72.0 cm³/mol. The molecule has 0 unspecified atom stereocenters. The average Bonchev–Trinajstić information content (AvgIpc) is 2.37. The van der Waals surface area contributed by atoms with E-state index in [9.17, 15) is 22.8 Å². The van der Waals surface area contributed by atoms with Crippen molar-refractivity contribution in [3.05, 3.63) is 29.1 Å². The quantitative estimate of drug-likeness (QED) is 0.475. The third kappa shape index (κ3) is 4.75. The van der Waals surface area contributed by atoms with Crippen molar-refractivity contribution in [2.75, 3.05) is 7.04 Å². The normalized spacial score (nSPS) is 13.8. The number of carbonyl (C=O) groups excluding carboxylic acids is 2. The molecule has 0 atom stereocenters. The third-order valence-corrected chi connectivity index (χ3v) is 2.45. The maximum Gasteiger partial charge on any atom is 0.313 e. The molecule has 0 aliphatic rings. The molecule has 0 aliphatic carbocycles. The molecule has 1 aromatic carbocycles. The maximum absolute atomic E-state index is 13.8. The van der Waals surface area contributed by atoms with Gasteiger partial charge >= 0.3 is 5.97 Å². The minimum absolute atomic E-state index is 0.576. The maximum atomic E-state index is 13.8. The molecular weight excluding hydrogens is 301 g/mol. The van der Waals surface area contributed by atoms with E-state index in [0.29, 0.717) is 6.07 Å². The molecule has 0 aliphatic heterocycles. The molecule has 4 nitrogen and oxygen atoms in total. The lowest BCUT2D eigenvalue weighted by Crippen LogP contribution is -2.25. The standard InChI is InChI=1S/C15H17F3O4/c1-15(2,3)22-11(20)7-9(19)5-8-6-10(21-4)13(17)14(18)12(8)16/h6H,5,7H2,1-4H3/i4D3. The highest BCUT2D eigenvalue weighted by molar-refractivity contribution is 5.96. The first kappa shape index (κ1) is 13.6. The summed E-state index contributed by atoms with van der Waals surface area (Å²) in [6.07, 6.45) is -1.47. The van der Waals surface area contributed by atoms with Crippen LogP contribution in [-0.2, 0) is 20.7 Å². The van der Waals surface area contributed by atoms with Crippen molar-refractivity contribution in [2.45, 2.75) is 39.2 Å². The van der Waals surface area contributed by atoms with Gasteiger partial charge in [0.05, 0.1) is 11.2 Å². The lowest BCUT2D eigenvalue weighted by molar-refractivity contribution is -0.156. The van der Waals surface area contributed by atoms with Gasteiger partial charge in [-0.05, 0) is 26.8 Å². The second kappa shape index (κ2) is 6.81. The summed E-state index contributed by atoms with van der Waals surface area (Å²) in [5.74, 6) is -8.19. The predicted octanol–water partition coefficient (Wildman–Crippen LogP) is 2.96. The Kier molecular flexibility index (Phi) is 4.21. The van der Waals surface area contributed by atoms with Crippen molar-refractivity contribution in [3.8, 4) is 5.75 Å². The van der Waals surface area contributed by atoms with Crippen LogP contribution in [0.2, 0.25) is 0 Å². The summed E-state index contributed by atoms with van der Waals surface area (Å²) < 4.78 is 70.7.